The maximum atomic E-state index is 12.1. The highest BCUT2D eigenvalue weighted by Gasteiger charge is 2.15. The largest absolute Gasteiger partial charge is 0.345 e. The van der Waals surface area contributed by atoms with Crippen LogP contribution in [0, 0.1) is 0 Å². The number of likely N-dealkylation sites (N-methyl/N-ethyl adjacent to an activating group) is 1. The van der Waals surface area contributed by atoms with Crippen molar-refractivity contribution < 1.29 is 4.79 Å². The number of amides is 1. The minimum atomic E-state index is 0.247. The molecule has 1 fully saturated rings. The van der Waals surface area contributed by atoms with Crippen LogP contribution in [0.2, 0.25) is 0 Å². The highest BCUT2D eigenvalue weighted by molar-refractivity contribution is 5.77. The quantitative estimate of drug-likeness (QED) is 0.770. The monoisotopic (exact) mass is 289 g/mol. The number of aryl methyl sites for hydroxylation is 1. The molecule has 0 bridgehead atoms. The van der Waals surface area contributed by atoms with E-state index in [1.165, 1.54) is 5.56 Å². The van der Waals surface area contributed by atoms with Gasteiger partial charge in [-0.15, -0.1) is 0 Å². The Hall–Kier alpha value is -1.39. The van der Waals surface area contributed by atoms with E-state index in [0.717, 1.165) is 52.0 Å². The number of unbranched alkanes of at least 4 members (excludes halogenated alkanes) is 1. The molecule has 1 aliphatic rings. The van der Waals surface area contributed by atoms with E-state index in [9.17, 15) is 4.79 Å². The van der Waals surface area contributed by atoms with E-state index < -0.39 is 0 Å². The van der Waals surface area contributed by atoms with Gasteiger partial charge in [0, 0.05) is 39.8 Å². The molecule has 4 heteroatoms. The Balaban J connectivity index is 1.60. The summed E-state index contributed by atoms with van der Waals surface area (Å²) in [4.78, 5) is 16.3. The van der Waals surface area contributed by atoms with Crippen LogP contribution in [0.5, 0.6) is 0 Å². The summed E-state index contributed by atoms with van der Waals surface area (Å²) in [5.74, 6) is 0.247. The van der Waals surface area contributed by atoms with Crippen molar-refractivity contribution in [2.24, 2.45) is 0 Å². The number of benzene rings is 1. The lowest BCUT2D eigenvalue weighted by Crippen LogP contribution is -2.47. The zero-order chi connectivity index (χ0) is 14.9. The highest BCUT2D eigenvalue weighted by atomic mass is 16.2. The van der Waals surface area contributed by atoms with Crippen LogP contribution in [0.4, 0.5) is 0 Å². The first kappa shape index (κ1) is 16.0. The van der Waals surface area contributed by atoms with E-state index in [0.29, 0.717) is 6.54 Å². The summed E-state index contributed by atoms with van der Waals surface area (Å²) < 4.78 is 0. The molecule has 1 amide bonds. The third-order valence-corrected chi connectivity index (χ3v) is 4.05. The molecular formula is C17H27N3O. The Labute approximate surface area is 128 Å². The van der Waals surface area contributed by atoms with Crippen molar-refractivity contribution in [3.05, 3.63) is 35.9 Å². The van der Waals surface area contributed by atoms with Gasteiger partial charge in [0.1, 0.15) is 0 Å². The molecule has 4 nitrogen and oxygen atoms in total. The minimum Gasteiger partial charge on any atom is -0.345 e. The van der Waals surface area contributed by atoms with Gasteiger partial charge in [-0.05, 0) is 24.8 Å². The zero-order valence-electron chi connectivity index (χ0n) is 13.1. The summed E-state index contributed by atoms with van der Waals surface area (Å²) in [6.07, 6.45) is 3.30. The van der Waals surface area contributed by atoms with Crippen molar-refractivity contribution >= 4 is 5.91 Å². The molecule has 0 atom stereocenters. The Morgan fingerprint density at radius 1 is 1.19 bits per heavy atom. The normalized spacial score (nSPS) is 15.9. The van der Waals surface area contributed by atoms with E-state index in [4.69, 9.17) is 0 Å². The third kappa shape index (κ3) is 5.86. The molecule has 1 aromatic carbocycles. The number of hydrogen-bond donors (Lipinski definition) is 1. The summed E-state index contributed by atoms with van der Waals surface area (Å²) in [6.45, 7) is 5.37. The second-order valence-corrected chi connectivity index (χ2v) is 5.78. The number of nitrogens with zero attached hydrogens (tertiary/aromatic N) is 2. The molecule has 1 aliphatic heterocycles. The maximum Gasteiger partial charge on any atom is 0.236 e. The van der Waals surface area contributed by atoms with Crippen LogP contribution in [0.25, 0.3) is 0 Å². The van der Waals surface area contributed by atoms with Crippen molar-refractivity contribution in [2.45, 2.75) is 19.3 Å². The van der Waals surface area contributed by atoms with Crippen LogP contribution >= 0.6 is 0 Å². The molecule has 1 heterocycles. The average molecular weight is 289 g/mol. The van der Waals surface area contributed by atoms with Gasteiger partial charge < -0.3 is 10.2 Å². The van der Waals surface area contributed by atoms with E-state index in [1.54, 1.807) is 0 Å². The van der Waals surface area contributed by atoms with E-state index in [2.05, 4.69) is 34.5 Å². The second-order valence-electron chi connectivity index (χ2n) is 5.78. The Morgan fingerprint density at radius 2 is 1.90 bits per heavy atom. The van der Waals surface area contributed by atoms with Crippen LogP contribution in [-0.4, -0.2) is 62.0 Å². The predicted octanol–water partition coefficient (Wildman–Crippen LogP) is 1.37. The molecule has 1 N–H and O–H groups in total. The van der Waals surface area contributed by atoms with Crippen LogP contribution in [0.3, 0.4) is 0 Å². The lowest BCUT2D eigenvalue weighted by Gasteiger charge is -2.28. The van der Waals surface area contributed by atoms with Crippen LogP contribution in [-0.2, 0) is 11.2 Å². The van der Waals surface area contributed by atoms with Crippen molar-refractivity contribution in [2.75, 3.05) is 46.3 Å². The van der Waals surface area contributed by atoms with Gasteiger partial charge in [-0.2, -0.15) is 0 Å². The van der Waals surface area contributed by atoms with Gasteiger partial charge in [0.15, 0.2) is 0 Å². The third-order valence-electron chi connectivity index (χ3n) is 4.05. The number of piperazine rings is 1. The summed E-state index contributed by atoms with van der Waals surface area (Å²) >= 11 is 0. The van der Waals surface area contributed by atoms with Crippen molar-refractivity contribution in [3.8, 4) is 0 Å². The molecule has 116 valence electrons. The Morgan fingerprint density at radius 3 is 2.62 bits per heavy atom. The van der Waals surface area contributed by atoms with Crippen molar-refractivity contribution in [1.82, 2.24) is 15.1 Å². The zero-order valence-corrected chi connectivity index (χ0v) is 13.1. The van der Waals surface area contributed by atoms with Gasteiger partial charge in [-0.3, -0.25) is 9.69 Å². The molecule has 21 heavy (non-hydrogen) atoms. The van der Waals surface area contributed by atoms with E-state index >= 15 is 0 Å². The van der Waals surface area contributed by atoms with Crippen LogP contribution in [0.15, 0.2) is 30.3 Å². The standard InChI is InChI=1S/C17H27N3O/c1-19(17(21)15-20-13-10-18-11-14-20)12-6-5-9-16-7-3-2-4-8-16/h2-4,7-8,18H,5-6,9-15H2,1H3. The fourth-order valence-corrected chi connectivity index (χ4v) is 2.63. The first-order valence-electron chi connectivity index (χ1n) is 7.96. The molecule has 0 spiro atoms. The van der Waals surface area contributed by atoms with Crippen molar-refractivity contribution in [3.63, 3.8) is 0 Å². The highest BCUT2D eigenvalue weighted by Crippen LogP contribution is 2.05. The number of hydrogen-bond acceptors (Lipinski definition) is 3. The Kier molecular flexibility index (Phi) is 6.70. The molecule has 1 aromatic rings. The van der Waals surface area contributed by atoms with Gasteiger partial charge in [0.05, 0.1) is 6.54 Å². The average Bonchev–Trinajstić information content (AvgIpc) is 2.53. The molecule has 2 rings (SSSR count). The topological polar surface area (TPSA) is 35.6 Å². The lowest BCUT2D eigenvalue weighted by atomic mass is 10.1. The fraction of sp³-hybridized carbons (Fsp3) is 0.588. The first-order valence-corrected chi connectivity index (χ1v) is 7.96. The molecule has 0 aromatic heterocycles. The number of carbonyl (C=O) groups excluding carboxylic acids is 1. The molecule has 0 radical (unpaired) electrons. The fourth-order valence-electron chi connectivity index (χ4n) is 2.63. The lowest BCUT2D eigenvalue weighted by molar-refractivity contribution is -0.131. The maximum absolute atomic E-state index is 12.1. The number of nitrogens with one attached hydrogen (secondary N) is 1. The van der Waals surface area contributed by atoms with E-state index in [1.807, 2.05) is 18.0 Å². The smallest absolute Gasteiger partial charge is 0.236 e. The minimum absolute atomic E-state index is 0.247. The van der Waals surface area contributed by atoms with Crippen LogP contribution < -0.4 is 5.32 Å². The predicted molar refractivity (Wildman–Crippen MR) is 86.3 cm³/mol. The summed E-state index contributed by atoms with van der Waals surface area (Å²) in [5.41, 5.74) is 1.38. The van der Waals surface area contributed by atoms with E-state index in [-0.39, 0.29) is 5.91 Å². The number of carbonyl (C=O) groups is 1. The van der Waals surface area contributed by atoms with Crippen molar-refractivity contribution in [1.29, 1.82) is 0 Å². The second kappa shape index (κ2) is 8.80. The first-order chi connectivity index (χ1) is 10.3. The molecule has 0 saturated carbocycles. The molecular weight excluding hydrogens is 262 g/mol. The molecule has 0 unspecified atom stereocenters. The SMILES string of the molecule is CN(CCCCc1ccccc1)C(=O)CN1CCNCC1. The van der Waals surface area contributed by atoms with Gasteiger partial charge in [-0.25, -0.2) is 0 Å². The van der Waals surface area contributed by atoms with Gasteiger partial charge in [0.25, 0.3) is 0 Å². The summed E-state index contributed by atoms with van der Waals surface area (Å²) in [5, 5.41) is 3.31. The van der Waals surface area contributed by atoms with Gasteiger partial charge >= 0.3 is 0 Å². The molecule has 1 saturated heterocycles. The van der Waals surface area contributed by atoms with Gasteiger partial charge in [-0.1, -0.05) is 30.3 Å². The van der Waals surface area contributed by atoms with Crippen LogP contribution in [0.1, 0.15) is 18.4 Å². The Bertz CT molecular complexity index is 415. The molecule has 0 aliphatic carbocycles. The van der Waals surface area contributed by atoms with Gasteiger partial charge in [0.2, 0.25) is 5.91 Å². The summed E-state index contributed by atoms with van der Waals surface area (Å²) in [7, 11) is 1.92. The number of rotatable bonds is 7. The summed E-state index contributed by atoms with van der Waals surface area (Å²) in [6, 6.07) is 10.5.